The summed E-state index contributed by atoms with van der Waals surface area (Å²) in [4.78, 5) is 22.5. The summed E-state index contributed by atoms with van der Waals surface area (Å²) in [5.74, 6) is 0.813. The molecular formula is C18H22N4O3. The van der Waals surface area contributed by atoms with E-state index in [4.69, 9.17) is 9.47 Å². The van der Waals surface area contributed by atoms with Gasteiger partial charge in [-0.3, -0.25) is 4.98 Å². The molecular weight excluding hydrogens is 320 g/mol. The second kappa shape index (κ2) is 7.83. The first-order chi connectivity index (χ1) is 12.2. The zero-order valence-corrected chi connectivity index (χ0v) is 14.4. The number of aromatic nitrogens is 2. The van der Waals surface area contributed by atoms with Gasteiger partial charge in [0.1, 0.15) is 6.10 Å². The van der Waals surface area contributed by atoms with Gasteiger partial charge in [-0.25, -0.2) is 4.79 Å². The number of piperidine rings is 1. The Balaban J connectivity index is 1.60. The second-order valence-corrected chi connectivity index (χ2v) is 5.97. The number of nitrogens with one attached hydrogen (secondary N) is 1. The molecule has 132 valence electrons. The molecule has 1 N–H and O–H groups in total. The number of para-hydroxylation sites is 1. The van der Waals surface area contributed by atoms with Gasteiger partial charge in [-0.15, -0.1) is 0 Å². The van der Waals surface area contributed by atoms with Crippen molar-refractivity contribution in [1.29, 1.82) is 0 Å². The van der Waals surface area contributed by atoms with Gasteiger partial charge in [-0.2, -0.15) is 4.98 Å². The van der Waals surface area contributed by atoms with Crippen molar-refractivity contribution >= 4 is 11.7 Å². The average Bonchev–Trinajstić information content (AvgIpc) is 2.64. The molecule has 2 amide bonds. The van der Waals surface area contributed by atoms with Crippen molar-refractivity contribution < 1.29 is 14.3 Å². The number of ether oxygens (including phenoxy) is 2. The van der Waals surface area contributed by atoms with Crippen molar-refractivity contribution in [2.45, 2.75) is 25.9 Å². The minimum Gasteiger partial charge on any atom is -0.480 e. The van der Waals surface area contributed by atoms with E-state index in [-0.39, 0.29) is 12.1 Å². The maximum atomic E-state index is 12.5. The van der Waals surface area contributed by atoms with Crippen LogP contribution in [0.25, 0.3) is 0 Å². The number of amides is 2. The van der Waals surface area contributed by atoms with Gasteiger partial charge in [0.05, 0.1) is 26.0 Å². The molecule has 1 fully saturated rings. The number of nitrogens with zero attached hydrogens (tertiary/aromatic N) is 3. The molecule has 1 aromatic heterocycles. The molecule has 1 aromatic carbocycles. The van der Waals surface area contributed by atoms with Gasteiger partial charge in [0.2, 0.25) is 11.8 Å². The molecule has 3 rings (SSSR count). The van der Waals surface area contributed by atoms with Gasteiger partial charge in [0.25, 0.3) is 0 Å². The third-order valence-electron chi connectivity index (χ3n) is 4.14. The molecule has 0 spiro atoms. The molecule has 0 saturated carbocycles. The molecule has 2 heterocycles. The lowest BCUT2D eigenvalue weighted by atomic mass is 10.1. The van der Waals surface area contributed by atoms with E-state index in [0.717, 1.165) is 24.1 Å². The van der Waals surface area contributed by atoms with Crippen LogP contribution < -0.4 is 14.8 Å². The highest BCUT2D eigenvalue weighted by Gasteiger charge is 2.25. The van der Waals surface area contributed by atoms with Gasteiger partial charge in [-0.05, 0) is 31.4 Å². The topological polar surface area (TPSA) is 76.6 Å². The Morgan fingerprint density at radius 2 is 2.08 bits per heavy atom. The highest BCUT2D eigenvalue weighted by molar-refractivity contribution is 5.90. The summed E-state index contributed by atoms with van der Waals surface area (Å²) < 4.78 is 10.9. The third-order valence-corrected chi connectivity index (χ3v) is 4.14. The molecule has 0 radical (unpaired) electrons. The van der Waals surface area contributed by atoms with E-state index in [2.05, 4.69) is 15.3 Å². The highest BCUT2D eigenvalue weighted by atomic mass is 16.5. The summed E-state index contributed by atoms with van der Waals surface area (Å²) in [6, 6.07) is 7.62. The summed E-state index contributed by atoms with van der Waals surface area (Å²) in [7, 11) is 1.53. The second-order valence-electron chi connectivity index (χ2n) is 5.97. The maximum Gasteiger partial charge on any atom is 0.321 e. The lowest BCUT2D eigenvalue weighted by Crippen LogP contribution is -2.46. The smallest absolute Gasteiger partial charge is 0.321 e. The Morgan fingerprint density at radius 3 is 2.88 bits per heavy atom. The number of likely N-dealkylation sites (tertiary alicyclic amines) is 1. The van der Waals surface area contributed by atoms with Gasteiger partial charge in [0.15, 0.2) is 0 Å². The van der Waals surface area contributed by atoms with Crippen LogP contribution in [0, 0.1) is 6.92 Å². The van der Waals surface area contributed by atoms with Crippen molar-refractivity contribution in [1.82, 2.24) is 14.9 Å². The van der Waals surface area contributed by atoms with E-state index in [9.17, 15) is 4.79 Å². The van der Waals surface area contributed by atoms with Gasteiger partial charge in [-0.1, -0.05) is 18.2 Å². The molecule has 1 aliphatic heterocycles. The fourth-order valence-electron chi connectivity index (χ4n) is 2.78. The maximum absolute atomic E-state index is 12.5. The lowest BCUT2D eigenvalue weighted by Gasteiger charge is -2.32. The Morgan fingerprint density at radius 1 is 1.28 bits per heavy atom. The Bertz CT molecular complexity index is 738. The molecule has 1 unspecified atom stereocenters. The summed E-state index contributed by atoms with van der Waals surface area (Å²) in [6.45, 7) is 3.19. The Labute approximate surface area is 147 Å². The molecule has 25 heavy (non-hydrogen) atoms. The van der Waals surface area contributed by atoms with Crippen molar-refractivity contribution in [2.24, 2.45) is 0 Å². The SMILES string of the molecule is COc1cncc(OC2CCCN(C(=O)Nc3ccccc3C)C2)n1. The summed E-state index contributed by atoms with van der Waals surface area (Å²) in [6.07, 6.45) is 4.71. The number of hydrogen-bond acceptors (Lipinski definition) is 5. The van der Waals surface area contributed by atoms with Crippen LogP contribution in [-0.4, -0.2) is 47.2 Å². The molecule has 7 nitrogen and oxygen atoms in total. The minimum absolute atomic E-state index is 0.112. The zero-order valence-electron chi connectivity index (χ0n) is 14.4. The molecule has 7 heteroatoms. The normalized spacial score (nSPS) is 17.0. The van der Waals surface area contributed by atoms with Crippen LogP contribution >= 0.6 is 0 Å². The van der Waals surface area contributed by atoms with E-state index in [1.54, 1.807) is 11.1 Å². The number of aryl methyl sites for hydroxylation is 1. The van der Waals surface area contributed by atoms with Crippen molar-refractivity contribution in [3.63, 3.8) is 0 Å². The van der Waals surface area contributed by atoms with Crippen LogP contribution in [0.1, 0.15) is 18.4 Å². The average molecular weight is 342 g/mol. The number of hydrogen-bond donors (Lipinski definition) is 1. The fraction of sp³-hybridized carbons (Fsp3) is 0.389. The molecule has 0 bridgehead atoms. The van der Waals surface area contributed by atoms with E-state index in [1.165, 1.54) is 13.3 Å². The largest absolute Gasteiger partial charge is 0.480 e. The molecule has 1 aliphatic rings. The third kappa shape index (κ3) is 4.37. The van der Waals surface area contributed by atoms with Crippen molar-refractivity contribution in [3.8, 4) is 11.8 Å². The number of carbonyl (C=O) groups is 1. The molecule has 2 aromatic rings. The van der Waals surface area contributed by atoms with Gasteiger partial charge >= 0.3 is 6.03 Å². The van der Waals surface area contributed by atoms with Crippen molar-refractivity contribution in [3.05, 3.63) is 42.2 Å². The molecule has 0 aliphatic carbocycles. The number of urea groups is 1. The van der Waals surface area contributed by atoms with Gasteiger partial charge < -0.3 is 19.7 Å². The molecule has 1 saturated heterocycles. The van der Waals surface area contributed by atoms with Crippen LogP contribution in [0.5, 0.6) is 11.8 Å². The number of benzene rings is 1. The minimum atomic E-state index is -0.113. The first-order valence-electron chi connectivity index (χ1n) is 8.30. The summed E-state index contributed by atoms with van der Waals surface area (Å²) >= 11 is 0. The van der Waals surface area contributed by atoms with E-state index in [0.29, 0.717) is 24.8 Å². The van der Waals surface area contributed by atoms with Crippen LogP contribution in [0.2, 0.25) is 0 Å². The number of rotatable bonds is 4. The summed E-state index contributed by atoms with van der Waals surface area (Å²) in [5, 5.41) is 2.97. The quantitative estimate of drug-likeness (QED) is 0.924. The van der Waals surface area contributed by atoms with Crippen LogP contribution in [0.4, 0.5) is 10.5 Å². The standard InChI is InChI=1S/C18H22N4O3/c1-13-6-3-4-8-15(13)20-18(23)22-9-5-7-14(12-22)25-17-11-19-10-16(21-17)24-2/h3-4,6,8,10-11,14H,5,7,9,12H2,1-2H3,(H,20,23). The predicted octanol–water partition coefficient (Wildman–Crippen LogP) is 2.87. The van der Waals surface area contributed by atoms with E-state index < -0.39 is 0 Å². The lowest BCUT2D eigenvalue weighted by molar-refractivity contribution is 0.101. The highest BCUT2D eigenvalue weighted by Crippen LogP contribution is 2.20. The predicted molar refractivity (Wildman–Crippen MR) is 94.0 cm³/mol. The van der Waals surface area contributed by atoms with Crippen molar-refractivity contribution in [2.75, 3.05) is 25.5 Å². The Kier molecular flexibility index (Phi) is 5.33. The monoisotopic (exact) mass is 342 g/mol. The van der Waals surface area contributed by atoms with E-state index >= 15 is 0 Å². The number of methoxy groups -OCH3 is 1. The number of carbonyl (C=O) groups excluding carboxylic acids is 1. The van der Waals surface area contributed by atoms with Gasteiger partial charge in [0, 0.05) is 12.2 Å². The van der Waals surface area contributed by atoms with Crippen LogP contribution in [0.15, 0.2) is 36.7 Å². The van der Waals surface area contributed by atoms with Crippen LogP contribution in [-0.2, 0) is 0 Å². The zero-order chi connectivity index (χ0) is 17.6. The fourth-order valence-corrected chi connectivity index (χ4v) is 2.78. The first-order valence-corrected chi connectivity index (χ1v) is 8.30. The first kappa shape index (κ1) is 17.0. The Hall–Kier alpha value is -2.83. The van der Waals surface area contributed by atoms with Crippen LogP contribution in [0.3, 0.4) is 0 Å². The number of anilines is 1. The molecule has 1 atom stereocenters. The summed E-state index contributed by atoms with van der Waals surface area (Å²) in [5.41, 5.74) is 1.86. The van der Waals surface area contributed by atoms with E-state index in [1.807, 2.05) is 31.2 Å².